The lowest BCUT2D eigenvalue weighted by atomic mass is 10.0. The SMILES string of the molecule is CCCCCC[C@H](N=[N+]=[N-])[C@H]1CO[B]O1. The van der Waals surface area contributed by atoms with Crippen molar-refractivity contribution in [2.24, 2.45) is 5.11 Å². The van der Waals surface area contributed by atoms with Crippen molar-refractivity contribution in [3.63, 3.8) is 0 Å². The number of hydrogen-bond acceptors (Lipinski definition) is 3. The molecule has 1 radical (unpaired) electrons. The van der Waals surface area contributed by atoms with Crippen LogP contribution in [0.1, 0.15) is 39.0 Å². The summed E-state index contributed by atoms with van der Waals surface area (Å²) in [7, 11) is 1.33. The Labute approximate surface area is 91.1 Å². The van der Waals surface area contributed by atoms with Crippen LogP contribution in [0.15, 0.2) is 5.11 Å². The molecule has 0 spiro atoms. The van der Waals surface area contributed by atoms with Crippen molar-refractivity contribution >= 4 is 7.69 Å². The zero-order valence-electron chi connectivity index (χ0n) is 9.13. The molecule has 2 atom stereocenters. The van der Waals surface area contributed by atoms with Crippen LogP contribution in [-0.2, 0) is 9.31 Å². The van der Waals surface area contributed by atoms with Crippen LogP contribution in [0.5, 0.6) is 0 Å². The Morgan fingerprint density at radius 1 is 1.53 bits per heavy atom. The van der Waals surface area contributed by atoms with Gasteiger partial charge in [-0.2, -0.15) is 0 Å². The van der Waals surface area contributed by atoms with Gasteiger partial charge in [0.1, 0.15) is 0 Å². The van der Waals surface area contributed by atoms with Crippen molar-refractivity contribution in [2.75, 3.05) is 6.61 Å². The van der Waals surface area contributed by atoms with E-state index < -0.39 is 0 Å². The van der Waals surface area contributed by atoms with Gasteiger partial charge < -0.3 is 9.31 Å². The molecule has 15 heavy (non-hydrogen) atoms. The highest BCUT2D eigenvalue weighted by atomic mass is 16.6. The van der Waals surface area contributed by atoms with Crippen LogP contribution in [0.4, 0.5) is 0 Å². The molecule has 0 saturated carbocycles. The number of rotatable bonds is 7. The minimum absolute atomic E-state index is 0.0920. The maximum Gasteiger partial charge on any atom is 0.488 e. The first-order chi connectivity index (χ1) is 7.38. The Bertz CT molecular complexity index is 215. The first-order valence-electron chi connectivity index (χ1n) is 5.51. The summed E-state index contributed by atoms with van der Waals surface area (Å²) in [5.41, 5.74) is 8.45. The predicted molar refractivity (Wildman–Crippen MR) is 58.3 cm³/mol. The van der Waals surface area contributed by atoms with Crippen LogP contribution in [0, 0.1) is 0 Å². The predicted octanol–water partition coefficient (Wildman–Crippen LogP) is 2.59. The molecule has 1 rings (SSSR count). The minimum Gasteiger partial charge on any atom is -0.411 e. The molecule has 1 aliphatic rings. The van der Waals surface area contributed by atoms with Gasteiger partial charge in [0.15, 0.2) is 0 Å². The van der Waals surface area contributed by atoms with Gasteiger partial charge >= 0.3 is 7.69 Å². The molecular weight excluding hydrogens is 193 g/mol. The molecular formula is C9H17BN3O2. The molecule has 1 saturated heterocycles. The first kappa shape index (κ1) is 12.4. The van der Waals surface area contributed by atoms with Gasteiger partial charge in [-0.05, 0) is 12.0 Å². The summed E-state index contributed by atoms with van der Waals surface area (Å²) in [6.07, 6.45) is 5.50. The second-order valence-corrected chi connectivity index (χ2v) is 3.73. The molecule has 0 bridgehead atoms. The van der Waals surface area contributed by atoms with E-state index in [0.29, 0.717) is 6.61 Å². The Hall–Kier alpha value is -0.705. The van der Waals surface area contributed by atoms with Crippen molar-refractivity contribution in [1.29, 1.82) is 0 Å². The average Bonchev–Trinajstić information content (AvgIpc) is 2.76. The van der Waals surface area contributed by atoms with Crippen LogP contribution in [0.2, 0.25) is 0 Å². The lowest BCUT2D eigenvalue weighted by Crippen LogP contribution is -2.26. The van der Waals surface area contributed by atoms with Crippen LogP contribution < -0.4 is 0 Å². The maximum absolute atomic E-state index is 8.45. The molecule has 0 aromatic rings. The van der Waals surface area contributed by atoms with Gasteiger partial charge in [-0.1, -0.05) is 37.7 Å². The van der Waals surface area contributed by atoms with Gasteiger partial charge in [-0.3, -0.25) is 0 Å². The lowest BCUT2D eigenvalue weighted by molar-refractivity contribution is 0.193. The van der Waals surface area contributed by atoms with Gasteiger partial charge in [0, 0.05) is 4.91 Å². The first-order valence-corrected chi connectivity index (χ1v) is 5.51. The van der Waals surface area contributed by atoms with E-state index in [1.165, 1.54) is 26.9 Å². The van der Waals surface area contributed by atoms with E-state index in [4.69, 9.17) is 14.8 Å². The third kappa shape index (κ3) is 4.56. The van der Waals surface area contributed by atoms with E-state index in [9.17, 15) is 0 Å². The Kier molecular flexibility index (Phi) is 6.24. The van der Waals surface area contributed by atoms with Crippen LogP contribution in [0.25, 0.3) is 10.4 Å². The van der Waals surface area contributed by atoms with Gasteiger partial charge in [0.25, 0.3) is 0 Å². The van der Waals surface area contributed by atoms with E-state index in [0.717, 1.165) is 12.8 Å². The van der Waals surface area contributed by atoms with E-state index in [1.54, 1.807) is 0 Å². The topological polar surface area (TPSA) is 67.2 Å². The standard InChI is InChI=1S/C9H17BN3O2/c1-2-3-4-5-6-8(12-13-11)9-7-14-10-15-9/h8-9H,2-7H2,1H3/t8-,9+/m0/s1. The number of unbranched alkanes of at least 4 members (excludes halogenated alkanes) is 3. The summed E-state index contributed by atoms with van der Waals surface area (Å²) in [6.45, 7) is 2.67. The monoisotopic (exact) mass is 210 g/mol. The summed E-state index contributed by atoms with van der Waals surface area (Å²) >= 11 is 0. The summed E-state index contributed by atoms with van der Waals surface area (Å²) in [6, 6.07) is -0.0920. The van der Waals surface area contributed by atoms with Gasteiger partial charge in [0.05, 0.1) is 18.8 Å². The summed E-state index contributed by atoms with van der Waals surface area (Å²) in [5, 5.41) is 3.76. The van der Waals surface area contributed by atoms with Crippen molar-refractivity contribution in [2.45, 2.75) is 51.2 Å². The van der Waals surface area contributed by atoms with Crippen molar-refractivity contribution < 1.29 is 9.31 Å². The zero-order chi connectivity index (χ0) is 10.9. The normalized spacial score (nSPS) is 21.8. The highest BCUT2D eigenvalue weighted by molar-refractivity contribution is 6.18. The summed E-state index contributed by atoms with van der Waals surface area (Å²) < 4.78 is 10.2. The highest BCUT2D eigenvalue weighted by Crippen LogP contribution is 2.17. The Morgan fingerprint density at radius 3 is 3.00 bits per heavy atom. The molecule has 0 amide bonds. The molecule has 1 aliphatic heterocycles. The smallest absolute Gasteiger partial charge is 0.411 e. The highest BCUT2D eigenvalue weighted by Gasteiger charge is 2.26. The average molecular weight is 210 g/mol. The maximum atomic E-state index is 8.45. The lowest BCUT2D eigenvalue weighted by Gasteiger charge is -2.16. The number of nitrogens with zero attached hydrogens (tertiary/aromatic N) is 3. The van der Waals surface area contributed by atoms with Crippen molar-refractivity contribution in [1.82, 2.24) is 0 Å². The fraction of sp³-hybridized carbons (Fsp3) is 1.00. The minimum atomic E-state index is -0.0949. The van der Waals surface area contributed by atoms with Crippen molar-refractivity contribution in [3.8, 4) is 0 Å². The van der Waals surface area contributed by atoms with E-state index in [-0.39, 0.29) is 12.1 Å². The molecule has 0 unspecified atom stereocenters. The second-order valence-electron chi connectivity index (χ2n) is 3.73. The molecule has 1 fully saturated rings. The molecule has 0 N–H and O–H groups in total. The number of azide groups is 1. The van der Waals surface area contributed by atoms with E-state index >= 15 is 0 Å². The van der Waals surface area contributed by atoms with Gasteiger partial charge in [0.2, 0.25) is 0 Å². The zero-order valence-corrected chi connectivity index (χ0v) is 9.13. The van der Waals surface area contributed by atoms with Gasteiger partial charge in [-0.25, -0.2) is 0 Å². The van der Waals surface area contributed by atoms with Crippen LogP contribution in [-0.4, -0.2) is 26.4 Å². The molecule has 83 valence electrons. The van der Waals surface area contributed by atoms with E-state index in [2.05, 4.69) is 16.9 Å². The molecule has 6 heteroatoms. The largest absolute Gasteiger partial charge is 0.488 e. The third-order valence-electron chi connectivity index (χ3n) is 2.54. The quantitative estimate of drug-likeness (QED) is 0.213. The molecule has 0 aromatic heterocycles. The Morgan fingerprint density at radius 2 is 2.40 bits per heavy atom. The second kappa shape index (κ2) is 7.57. The third-order valence-corrected chi connectivity index (χ3v) is 2.54. The van der Waals surface area contributed by atoms with Crippen LogP contribution in [0.3, 0.4) is 0 Å². The molecule has 0 aromatic carbocycles. The van der Waals surface area contributed by atoms with Crippen LogP contribution >= 0.6 is 0 Å². The van der Waals surface area contributed by atoms with E-state index in [1.807, 2.05) is 0 Å². The molecule has 0 aliphatic carbocycles. The fourth-order valence-electron chi connectivity index (χ4n) is 1.65. The van der Waals surface area contributed by atoms with Crippen molar-refractivity contribution in [3.05, 3.63) is 10.4 Å². The summed E-state index contributed by atoms with van der Waals surface area (Å²) in [4.78, 5) is 2.86. The summed E-state index contributed by atoms with van der Waals surface area (Å²) in [5.74, 6) is 0. The molecule has 1 heterocycles. The number of hydrogen-bond donors (Lipinski definition) is 0. The van der Waals surface area contributed by atoms with Gasteiger partial charge in [-0.15, -0.1) is 0 Å². The Balaban J connectivity index is 2.26. The molecule has 5 nitrogen and oxygen atoms in total. The fourth-order valence-corrected chi connectivity index (χ4v) is 1.65.